The minimum absolute atomic E-state index is 0.00468. The highest BCUT2D eigenvalue weighted by Gasteiger charge is 2.42. The van der Waals surface area contributed by atoms with Crippen LogP contribution in [0.4, 0.5) is 32.0 Å². The molecule has 1 amide bonds. The Hall–Kier alpha value is -5.28. The van der Waals surface area contributed by atoms with E-state index in [0.717, 1.165) is 24.3 Å². The molecule has 0 fully saturated rings. The molecule has 0 saturated carbocycles. The number of aliphatic carboxylic acids is 1. The van der Waals surface area contributed by atoms with Gasteiger partial charge >= 0.3 is 30.3 Å². The molecule has 0 aliphatic rings. The lowest BCUT2D eigenvalue weighted by Crippen LogP contribution is -2.48. The predicted octanol–water partition coefficient (Wildman–Crippen LogP) is 5.22. The summed E-state index contributed by atoms with van der Waals surface area (Å²) in [6, 6.07) is 9.37. The first kappa shape index (κ1) is 33.2. The fourth-order valence-electron chi connectivity index (χ4n) is 3.62. The second-order valence-corrected chi connectivity index (χ2v) is 8.70. The highest BCUT2D eigenvalue weighted by molar-refractivity contribution is 6.02. The van der Waals surface area contributed by atoms with E-state index in [9.17, 15) is 50.6 Å². The molecule has 234 valence electrons. The summed E-state index contributed by atoms with van der Waals surface area (Å²) in [4.78, 5) is 51.2. The van der Waals surface area contributed by atoms with Gasteiger partial charge in [-0.1, -0.05) is 12.1 Å². The van der Waals surface area contributed by atoms with Crippen LogP contribution in [-0.4, -0.2) is 55.3 Å². The van der Waals surface area contributed by atoms with E-state index >= 15 is 0 Å². The molecule has 0 unspecified atom stereocenters. The minimum atomic E-state index is -4.89. The number of hydrogen-bond donors (Lipinski definition) is 2. The van der Waals surface area contributed by atoms with Crippen molar-refractivity contribution in [3.8, 4) is 11.5 Å². The lowest BCUT2D eigenvalue weighted by Gasteiger charge is -2.24. The maximum atomic E-state index is 13.4. The number of esters is 2. The third-order valence-electron chi connectivity index (χ3n) is 5.76. The van der Waals surface area contributed by atoms with Crippen molar-refractivity contribution in [3.63, 3.8) is 0 Å². The molecule has 10 nitrogen and oxygen atoms in total. The van der Waals surface area contributed by atoms with Crippen molar-refractivity contribution in [2.75, 3.05) is 19.5 Å². The van der Waals surface area contributed by atoms with E-state index in [0.29, 0.717) is 24.3 Å². The van der Waals surface area contributed by atoms with Crippen molar-refractivity contribution in [3.05, 3.63) is 89.0 Å². The van der Waals surface area contributed by atoms with Gasteiger partial charge < -0.3 is 29.4 Å². The van der Waals surface area contributed by atoms with Gasteiger partial charge in [-0.15, -0.1) is 0 Å². The number of carboxylic acids is 1. The van der Waals surface area contributed by atoms with Crippen LogP contribution in [0.25, 0.3) is 0 Å². The van der Waals surface area contributed by atoms with Gasteiger partial charge in [-0.3, -0.25) is 4.79 Å². The number of hydrogen-bond acceptors (Lipinski definition) is 8. The first-order valence-electron chi connectivity index (χ1n) is 12.1. The van der Waals surface area contributed by atoms with E-state index in [-0.39, 0.29) is 17.2 Å². The van der Waals surface area contributed by atoms with E-state index in [4.69, 9.17) is 18.9 Å². The fourth-order valence-corrected chi connectivity index (χ4v) is 3.62. The first-order valence-corrected chi connectivity index (χ1v) is 12.1. The van der Waals surface area contributed by atoms with E-state index in [2.05, 4.69) is 5.32 Å². The molecule has 16 heteroatoms. The van der Waals surface area contributed by atoms with E-state index in [1.165, 1.54) is 32.4 Å². The van der Waals surface area contributed by atoms with Gasteiger partial charge in [0, 0.05) is 6.07 Å². The number of halogens is 6. The number of carbonyl (C=O) groups is 4. The summed E-state index contributed by atoms with van der Waals surface area (Å²) in [5.74, 6) is -6.69. The third-order valence-corrected chi connectivity index (χ3v) is 5.76. The largest absolute Gasteiger partial charge is 0.497 e. The van der Waals surface area contributed by atoms with Crippen molar-refractivity contribution < 1.29 is 69.6 Å². The number of ether oxygens (including phenoxy) is 4. The normalized spacial score (nSPS) is 12.8. The Morgan fingerprint density at radius 2 is 1.20 bits per heavy atom. The average molecular weight is 629 g/mol. The molecule has 2 atom stereocenters. The van der Waals surface area contributed by atoms with Crippen LogP contribution in [0.2, 0.25) is 0 Å². The molecule has 3 rings (SSSR count). The fraction of sp³-hybridized carbons (Fsp3) is 0.214. The molecule has 0 spiro atoms. The molecule has 0 aromatic heterocycles. The molecular weight excluding hydrogens is 608 g/mol. The molecule has 0 aliphatic heterocycles. The van der Waals surface area contributed by atoms with Crippen molar-refractivity contribution in [2.45, 2.75) is 24.6 Å². The molecule has 0 heterocycles. The van der Waals surface area contributed by atoms with Crippen molar-refractivity contribution in [2.24, 2.45) is 0 Å². The Morgan fingerprint density at radius 1 is 0.705 bits per heavy atom. The smallest absolute Gasteiger partial charge is 0.416 e. The summed E-state index contributed by atoms with van der Waals surface area (Å²) < 4.78 is 99.0. The minimum Gasteiger partial charge on any atom is -0.497 e. The van der Waals surface area contributed by atoms with Crippen LogP contribution >= 0.6 is 0 Å². The maximum absolute atomic E-state index is 13.4. The molecule has 0 aliphatic carbocycles. The summed E-state index contributed by atoms with van der Waals surface area (Å²) in [5, 5.41) is 12.0. The van der Waals surface area contributed by atoms with Crippen LogP contribution < -0.4 is 14.8 Å². The Labute approximate surface area is 244 Å². The van der Waals surface area contributed by atoms with Gasteiger partial charge in [-0.25, -0.2) is 14.4 Å². The zero-order valence-electron chi connectivity index (χ0n) is 22.5. The number of carboxylic acid groups (broad SMARTS) is 1. The second kappa shape index (κ2) is 13.4. The summed E-state index contributed by atoms with van der Waals surface area (Å²) in [7, 11) is 2.49. The average Bonchev–Trinajstić information content (AvgIpc) is 2.97. The van der Waals surface area contributed by atoms with Crippen molar-refractivity contribution >= 4 is 29.5 Å². The van der Waals surface area contributed by atoms with Gasteiger partial charge in [0.05, 0.1) is 42.2 Å². The lowest BCUT2D eigenvalue weighted by atomic mass is 10.1. The van der Waals surface area contributed by atoms with Gasteiger partial charge in [0.1, 0.15) is 11.5 Å². The number of rotatable bonds is 10. The van der Waals surface area contributed by atoms with Gasteiger partial charge in [0.25, 0.3) is 5.91 Å². The van der Waals surface area contributed by atoms with E-state index < -0.39 is 70.6 Å². The SMILES string of the molecule is COc1ccc(OC)c(NC(=O)[C@@H](OC(=O)c2cccc(C(F)(F)F)c2)[C@@H](OC(=O)c2cccc(C(F)(F)F)c2)C(=O)O)c1. The van der Waals surface area contributed by atoms with E-state index in [1.807, 2.05) is 0 Å². The Bertz CT molecular complexity index is 1560. The summed E-state index contributed by atoms with van der Waals surface area (Å²) in [6.07, 6.45) is -15.1. The number of alkyl halides is 6. The maximum Gasteiger partial charge on any atom is 0.416 e. The predicted molar refractivity (Wildman–Crippen MR) is 137 cm³/mol. The summed E-state index contributed by atoms with van der Waals surface area (Å²) in [5.41, 5.74) is -4.26. The lowest BCUT2D eigenvalue weighted by molar-refractivity contribution is -0.157. The Morgan fingerprint density at radius 3 is 1.64 bits per heavy atom. The van der Waals surface area contributed by atoms with Crippen molar-refractivity contribution in [1.82, 2.24) is 0 Å². The van der Waals surface area contributed by atoms with Gasteiger partial charge in [0.15, 0.2) is 0 Å². The number of benzene rings is 3. The zero-order valence-corrected chi connectivity index (χ0v) is 22.5. The van der Waals surface area contributed by atoms with Crippen LogP contribution in [0.3, 0.4) is 0 Å². The second-order valence-electron chi connectivity index (χ2n) is 8.70. The molecule has 3 aromatic carbocycles. The quantitative estimate of drug-likeness (QED) is 0.229. The highest BCUT2D eigenvalue weighted by atomic mass is 19.4. The standard InChI is InChI=1S/C28H21F6NO9/c1-41-18-9-10-20(42-2)19(13-18)35-23(36)21(43-25(39)14-5-3-7-16(11-14)27(29,30)31)22(24(37)38)44-26(40)15-6-4-8-17(12-15)28(32,33)34/h3-13,21-22H,1-2H3,(H,35,36)(H,37,38)/t21-,22+/m0/s1. The molecule has 44 heavy (non-hydrogen) atoms. The van der Waals surface area contributed by atoms with Crippen LogP contribution in [-0.2, 0) is 31.4 Å². The van der Waals surface area contributed by atoms with Gasteiger partial charge in [-0.05, 0) is 48.5 Å². The van der Waals surface area contributed by atoms with Crippen LogP contribution in [0, 0.1) is 0 Å². The molecule has 3 aromatic rings. The summed E-state index contributed by atoms with van der Waals surface area (Å²) in [6.45, 7) is 0. The first-order chi connectivity index (χ1) is 20.5. The Kier molecular flexibility index (Phi) is 10.1. The number of carbonyl (C=O) groups excluding carboxylic acids is 3. The van der Waals surface area contributed by atoms with Crippen LogP contribution in [0.5, 0.6) is 11.5 Å². The molecule has 0 bridgehead atoms. The van der Waals surface area contributed by atoms with Crippen LogP contribution in [0.15, 0.2) is 66.7 Å². The highest BCUT2D eigenvalue weighted by Crippen LogP contribution is 2.32. The number of methoxy groups -OCH3 is 2. The molecule has 0 saturated heterocycles. The van der Waals surface area contributed by atoms with Crippen LogP contribution in [0.1, 0.15) is 31.8 Å². The number of nitrogens with one attached hydrogen (secondary N) is 1. The molecule has 0 radical (unpaired) electrons. The monoisotopic (exact) mass is 629 g/mol. The van der Waals surface area contributed by atoms with E-state index in [1.54, 1.807) is 0 Å². The third kappa shape index (κ3) is 8.17. The number of amides is 1. The van der Waals surface area contributed by atoms with Gasteiger partial charge in [-0.2, -0.15) is 26.3 Å². The topological polar surface area (TPSA) is 137 Å². The van der Waals surface area contributed by atoms with Crippen molar-refractivity contribution in [1.29, 1.82) is 0 Å². The Balaban J connectivity index is 2.03. The zero-order chi connectivity index (χ0) is 32.8. The van der Waals surface area contributed by atoms with Gasteiger partial charge in [0.2, 0.25) is 12.2 Å². The molecule has 2 N–H and O–H groups in total. The summed E-state index contributed by atoms with van der Waals surface area (Å²) >= 11 is 0. The number of anilines is 1. The molecular formula is C28H21F6NO9.